The summed E-state index contributed by atoms with van der Waals surface area (Å²) in [6.45, 7) is 0. The van der Waals surface area contributed by atoms with Crippen molar-refractivity contribution in [1.29, 1.82) is 0 Å². The molecule has 0 spiro atoms. The Bertz CT molecular complexity index is 983. The van der Waals surface area contributed by atoms with Gasteiger partial charge in [-0.15, -0.1) is 0 Å². The molecular weight excluding hydrogens is 363 g/mol. The minimum atomic E-state index is -0.635. The average Bonchev–Trinajstić information content (AvgIpc) is 2.70. The summed E-state index contributed by atoms with van der Waals surface area (Å²) in [6, 6.07) is 15.9. The highest BCUT2D eigenvalue weighted by Gasteiger charge is 2.12. The lowest BCUT2D eigenvalue weighted by atomic mass is 10.1. The molecule has 0 aromatic heterocycles. The number of carbonyl (C=O) groups is 1. The number of carbonyl (C=O) groups excluding carboxylic acids is 1. The third kappa shape index (κ3) is 4.59. The first-order chi connectivity index (χ1) is 13.5. The van der Waals surface area contributed by atoms with Crippen LogP contribution in [0.1, 0.15) is 12.0 Å². The third-order valence-electron chi connectivity index (χ3n) is 4.24. The van der Waals surface area contributed by atoms with Gasteiger partial charge in [0.25, 0.3) is 0 Å². The molecule has 0 atom stereocenters. The van der Waals surface area contributed by atoms with E-state index in [0.29, 0.717) is 16.9 Å². The zero-order chi connectivity index (χ0) is 20.1. The molecule has 0 radical (unpaired) electrons. The summed E-state index contributed by atoms with van der Waals surface area (Å²) in [4.78, 5) is 12.0. The van der Waals surface area contributed by atoms with E-state index in [2.05, 4.69) is 0 Å². The van der Waals surface area contributed by atoms with Crippen molar-refractivity contribution in [2.75, 3.05) is 7.11 Å². The van der Waals surface area contributed by atoms with Gasteiger partial charge in [0.1, 0.15) is 5.75 Å². The fraction of sp³-hybridized carbons (Fsp3) is 0.136. The van der Waals surface area contributed by atoms with Gasteiger partial charge in [0.2, 0.25) is 0 Å². The number of phenols is 2. The van der Waals surface area contributed by atoms with Crippen molar-refractivity contribution in [3.05, 3.63) is 72.0 Å². The third-order valence-corrected chi connectivity index (χ3v) is 4.24. The second kappa shape index (κ2) is 8.43. The number of aryl methyl sites for hydroxylation is 1. The Morgan fingerprint density at radius 1 is 0.929 bits per heavy atom. The SMILES string of the molecule is COc1ccc(-c2ccc(OC(=O)CCc3ccc(O)c(O)c3)c(F)c2)cc1. The molecule has 0 aliphatic heterocycles. The van der Waals surface area contributed by atoms with E-state index >= 15 is 0 Å². The van der Waals surface area contributed by atoms with Crippen LogP contribution in [-0.2, 0) is 11.2 Å². The van der Waals surface area contributed by atoms with Crippen molar-refractivity contribution < 1.29 is 28.9 Å². The Hall–Kier alpha value is -3.54. The van der Waals surface area contributed by atoms with Gasteiger partial charge < -0.3 is 19.7 Å². The zero-order valence-electron chi connectivity index (χ0n) is 15.2. The van der Waals surface area contributed by atoms with Gasteiger partial charge >= 0.3 is 5.97 Å². The molecule has 0 amide bonds. The molecule has 2 N–H and O–H groups in total. The van der Waals surface area contributed by atoms with E-state index in [-0.39, 0.29) is 30.1 Å². The lowest BCUT2D eigenvalue weighted by Gasteiger charge is -2.09. The van der Waals surface area contributed by atoms with Crippen LogP contribution in [0.5, 0.6) is 23.0 Å². The summed E-state index contributed by atoms with van der Waals surface area (Å²) >= 11 is 0. The van der Waals surface area contributed by atoms with Gasteiger partial charge in [-0.25, -0.2) is 4.39 Å². The lowest BCUT2D eigenvalue weighted by Crippen LogP contribution is -2.10. The van der Waals surface area contributed by atoms with Crippen LogP contribution in [-0.4, -0.2) is 23.3 Å². The predicted molar refractivity (Wildman–Crippen MR) is 102 cm³/mol. The molecule has 28 heavy (non-hydrogen) atoms. The van der Waals surface area contributed by atoms with Crippen molar-refractivity contribution in [3.63, 3.8) is 0 Å². The first kappa shape index (κ1) is 19.2. The van der Waals surface area contributed by atoms with Crippen LogP contribution < -0.4 is 9.47 Å². The molecule has 0 heterocycles. The topological polar surface area (TPSA) is 76.0 Å². The first-order valence-corrected chi connectivity index (χ1v) is 8.62. The van der Waals surface area contributed by atoms with Gasteiger partial charge in [-0.3, -0.25) is 4.79 Å². The number of rotatable bonds is 6. The van der Waals surface area contributed by atoms with Gasteiger partial charge in [0, 0.05) is 6.42 Å². The van der Waals surface area contributed by atoms with Crippen LogP contribution in [0.3, 0.4) is 0 Å². The van der Waals surface area contributed by atoms with Gasteiger partial charge in [0.05, 0.1) is 7.11 Å². The predicted octanol–water partition coefficient (Wildman–Crippen LogP) is 4.45. The van der Waals surface area contributed by atoms with E-state index in [1.54, 1.807) is 31.4 Å². The normalized spacial score (nSPS) is 10.5. The van der Waals surface area contributed by atoms with Crippen molar-refractivity contribution in [2.45, 2.75) is 12.8 Å². The minimum Gasteiger partial charge on any atom is -0.504 e. The lowest BCUT2D eigenvalue weighted by molar-refractivity contribution is -0.134. The molecule has 144 valence electrons. The largest absolute Gasteiger partial charge is 0.504 e. The van der Waals surface area contributed by atoms with E-state index in [9.17, 15) is 19.4 Å². The Kier molecular flexibility index (Phi) is 5.79. The summed E-state index contributed by atoms with van der Waals surface area (Å²) in [7, 11) is 1.57. The molecule has 0 saturated carbocycles. The smallest absolute Gasteiger partial charge is 0.311 e. The van der Waals surface area contributed by atoms with Gasteiger partial charge in [-0.2, -0.15) is 0 Å². The fourth-order valence-corrected chi connectivity index (χ4v) is 2.69. The number of esters is 1. The van der Waals surface area contributed by atoms with E-state index in [1.165, 1.54) is 24.3 Å². The number of halogens is 1. The second-order valence-corrected chi connectivity index (χ2v) is 6.17. The number of phenolic OH excluding ortho intramolecular Hbond substituents is 2. The highest BCUT2D eigenvalue weighted by Crippen LogP contribution is 2.28. The van der Waals surface area contributed by atoms with Crippen LogP contribution in [0.4, 0.5) is 4.39 Å². The molecule has 3 rings (SSSR count). The molecule has 0 saturated heterocycles. The number of ether oxygens (including phenoxy) is 2. The monoisotopic (exact) mass is 382 g/mol. The maximum atomic E-state index is 14.3. The van der Waals surface area contributed by atoms with Crippen molar-refractivity contribution in [2.24, 2.45) is 0 Å². The molecule has 3 aromatic carbocycles. The minimum absolute atomic E-state index is 0.00386. The number of hydrogen-bond acceptors (Lipinski definition) is 5. The molecule has 0 unspecified atom stereocenters. The maximum Gasteiger partial charge on any atom is 0.311 e. The van der Waals surface area contributed by atoms with Crippen molar-refractivity contribution in [3.8, 4) is 34.1 Å². The number of benzene rings is 3. The second-order valence-electron chi connectivity index (χ2n) is 6.17. The van der Waals surface area contributed by atoms with E-state index in [0.717, 1.165) is 5.56 Å². The summed E-state index contributed by atoms with van der Waals surface area (Å²) in [6.07, 6.45) is 0.294. The van der Waals surface area contributed by atoms with E-state index in [4.69, 9.17) is 9.47 Å². The quantitative estimate of drug-likeness (QED) is 0.374. The molecule has 0 bridgehead atoms. The highest BCUT2D eigenvalue weighted by atomic mass is 19.1. The van der Waals surface area contributed by atoms with Crippen molar-refractivity contribution in [1.82, 2.24) is 0 Å². The molecule has 0 aliphatic carbocycles. The number of methoxy groups -OCH3 is 1. The van der Waals surface area contributed by atoms with E-state index < -0.39 is 11.8 Å². The molecule has 5 nitrogen and oxygen atoms in total. The molecule has 0 fully saturated rings. The Balaban J connectivity index is 1.63. The first-order valence-electron chi connectivity index (χ1n) is 8.62. The summed E-state index contributed by atoms with van der Waals surface area (Å²) in [5.74, 6) is -1.16. The fourth-order valence-electron chi connectivity index (χ4n) is 2.69. The van der Waals surface area contributed by atoms with Crippen LogP contribution in [0, 0.1) is 5.82 Å². The standard InChI is InChI=1S/C22H19FO5/c1-27-17-7-4-15(5-8-17)16-6-10-21(18(23)13-16)28-22(26)11-3-14-2-9-19(24)20(25)12-14/h2,4-10,12-13,24-25H,3,11H2,1H3. The van der Waals surface area contributed by atoms with Crippen LogP contribution in [0.15, 0.2) is 60.7 Å². The van der Waals surface area contributed by atoms with Gasteiger partial charge in [0.15, 0.2) is 23.1 Å². The molecule has 0 aliphatic rings. The van der Waals surface area contributed by atoms with Gasteiger partial charge in [-0.1, -0.05) is 24.3 Å². The van der Waals surface area contributed by atoms with Crippen LogP contribution in [0.2, 0.25) is 0 Å². The molecular formula is C22H19FO5. The average molecular weight is 382 g/mol. The molecule has 6 heteroatoms. The molecule has 3 aromatic rings. The zero-order valence-corrected chi connectivity index (χ0v) is 15.2. The Morgan fingerprint density at radius 2 is 1.64 bits per heavy atom. The van der Waals surface area contributed by atoms with E-state index in [1.807, 2.05) is 12.1 Å². The Morgan fingerprint density at radius 3 is 2.29 bits per heavy atom. The number of hydrogen-bond donors (Lipinski definition) is 2. The van der Waals surface area contributed by atoms with Gasteiger partial charge in [-0.05, 0) is 59.5 Å². The summed E-state index contributed by atoms with van der Waals surface area (Å²) in [5, 5.41) is 18.8. The maximum absolute atomic E-state index is 14.3. The van der Waals surface area contributed by atoms with Crippen molar-refractivity contribution >= 4 is 5.97 Å². The van der Waals surface area contributed by atoms with Crippen LogP contribution in [0.25, 0.3) is 11.1 Å². The number of aromatic hydroxyl groups is 2. The Labute approximate surface area is 161 Å². The summed E-state index contributed by atoms with van der Waals surface area (Å²) < 4.78 is 24.5. The highest BCUT2D eigenvalue weighted by molar-refractivity contribution is 5.73. The van der Waals surface area contributed by atoms with Crippen LogP contribution >= 0.6 is 0 Å². The summed E-state index contributed by atoms with van der Waals surface area (Å²) in [5.41, 5.74) is 2.12.